The minimum Gasteiger partial charge on any atom is -0.495 e. The molecule has 134 valence electrons. The van der Waals surface area contributed by atoms with Gasteiger partial charge >= 0.3 is 0 Å². The zero-order chi connectivity index (χ0) is 17.8. The Morgan fingerprint density at radius 2 is 2.04 bits per heavy atom. The van der Waals surface area contributed by atoms with Crippen LogP contribution in [-0.2, 0) is 0 Å². The molecule has 2 aromatic heterocycles. The van der Waals surface area contributed by atoms with E-state index in [1.54, 1.807) is 10.8 Å². The molecule has 0 aromatic carbocycles. The molecular formula is C16H20N4O4S. The summed E-state index contributed by atoms with van der Waals surface area (Å²) >= 11 is 1.36. The van der Waals surface area contributed by atoms with Crippen LogP contribution in [0.25, 0.3) is 0 Å². The Hall–Kier alpha value is -2.39. The molecule has 1 aliphatic rings. The number of aliphatic hydroxyl groups excluding tert-OH is 1. The van der Waals surface area contributed by atoms with Crippen LogP contribution in [0.2, 0.25) is 0 Å². The molecule has 0 spiro atoms. The van der Waals surface area contributed by atoms with Crippen LogP contribution in [0.15, 0.2) is 17.0 Å². The maximum atomic E-state index is 12.4. The first-order valence-corrected chi connectivity index (χ1v) is 8.96. The summed E-state index contributed by atoms with van der Waals surface area (Å²) in [6, 6.07) is 0.0136. The van der Waals surface area contributed by atoms with E-state index in [0.717, 1.165) is 12.8 Å². The van der Waals surface area contributed by atoms with Gasteiger partial charge in [0.2, 0.25) is 0 Å². The molecule has 25 heavy (non-hydrogen) atoms. The topological polar surface area (TPSA) is 116 Å². The summed E-state index contributed by atoms with van der Waals surface area (Å²) in [6.07, 6.45) is 3.93. The van der Waals surface area contributed by atoms with Gasteiger partial charge in [-0.2, -0.15) is 5.10 Å². The average Bonchev–Trinajstić information content (AvgIpc) is 3.25. The highest BCUT2D eigenvalue weighted by Crippen LogP contribution is 2.25. The molecule has 0 saturated heterocycles. The summed E-state index contributed by atoms with van der Waals surface area (Å²) in [5.41, 5.74) is 0.918. The fourth-order valence-electron chi connectivity index (χ4n) is 2.83. The zero-order valence-electron chi connectivity index (χ0n) is 13.7. The number of nitrogens with one attached hydrogen (secondary N) is 3. The third-order valence-corrected chi connectivity index (χ3v) is 4.96. The van der Waals surface area contributed by atoms with Gasteiger partial charge in [-0.25, -0.2) is 0 Å². The number of thiophene rings is 1. The number of anilines is 1. The summed E-state index contributed by atoms with van der Waals surface area (Å²) in [5.74, 6) is -0.210. The monoisotopic (exact) mass is 364 g/mol. The molecule has 0 atom stereocenters. The van der Waals surface area contributed by atoms with Crippen LogP contribution < -0.4 is 15.4 Å². The number of amides is 2. The van der Waals surface area contributed by atoms with Gasteiger partial charge in [-0.1, -0.05) is 0 Å². The van der Waals surface area contributed by atoms with Crippen molar-refractivity contribution in [3.63, 3.8) is 0 Å². The Labute approximate surface area is 148 Å². The van der Waals surface area contributed by atoms with E-state index in [0.29, 0.717) is 29.8 Å². The van der Waals surface area contributed by atoms with Crippen molar-refractivity contribution >= 4 is 28.8 Å². The molecule has 0 unspecified atom stereocenters. The van der Waals surface area contributed by atoms with Crippen LogP contribution in [0.1, 0.15) is 46.5 Å². The van der Waals surface area contributed by atoms with E-state index in [1.807, 2.05) is 0 Å². The molecule has 0 bridgehead atoms. The minimum atomic E-state index is -0.366. The number of nitrogens with zero attached hydrogens (tertiary/aromatic N) is 1. The summed E-state index contributed by atoms with van der Waals surface area (Å²) in [6.45, 7) is 0. The fraction of sp³-hybridized carbons (Fsp3) is 0.438. The standard InChI is InChI=1S/C16H20N4O4S/c1-24-13-8-25-7-11(13)15(22)19-12-6-17-20-14(12)16(23)18-9-2-4-10(21)5-3-9/h6-10,21H,2-5H2,1H3,(H,17,20)(H,18,23)(H,19,22). The molecule has 2 aromatic rings. The summed E-state index contributed by atoms with van der Waals surface area (Å²) in [5, 5.41) is 25.0. The molecular weight excluding hydrogens is 344 g/mol. The fourth-order valence-corrected chi connectivity index (χ4v) is 3.60. The van der Waals surface area contributed by atoms with Gasteiger partial charge < -0.3 is 20.5 Å². The van der Waals surface area contributed by atoms with Crippen LogP contribution in [0.4, 0.5) is 5.69 Å². The molecule has 1 aliphatic carbocycles. The molecule has 1 fully saturated rings. The first-order chi connectivity index (χ1) is 12.1. The number of hydrogen-bond acceptors (Lipinski definition) is 6. The van der Waals surface area contributed by atoms with Crippen LogP contribution >= 0.6 is 11.3 Å². The van der Waals surface area contributed by atoms with Gasteiger partial charge in [0.15, 0.2) is 0 Å². The Morgan fingerprint density at radius 1 is 1.28 bits per heavy atom. The van der Waals surface area contributed by atoms with E-state index in [4.69, 9.17) is 4.74 Å². The van der Waals surface area contributed by atoms with Crippen molar-refractivity contribution in [2.24, 2.45) is 0 Å². The van der Waals surface area contributed by atoms with Crippen molar-refractivity contribution in [2.75, 3.05) is 12.4 Å². The van der Waals surface area contributed by atoms with E-state index in [2.05, 4.69) is 20.8 Å². The van der Waals surface area contributed by atoms with Crippen molar-refractivity contribution in [1.82, 2.24) is 15.5 Å². The van der Waals surface area contributed by atoms with Gasteiger partial charge in [-0.3, -0.25) is 14.7 Å². The second-order valence-electron chi connectivity index (χ2n) is 5.95. The Morgan fingerprint density at radius 3 is 2.76 bits per heavy atom. The highest BCUT2D eigenvalue weighted by atomic mass is 32.1. The third-order valence-electron chi connectivity index (χ3n) is 4.24. The molecule has 9 heteroatoms. The summed E-state index contributed by atoms with van der Waals surface area (Å²) in [4.78, 5) is 24.8. The number of rotatable bonds is 5. The lowest BCUT2D eigenvalue weighted by atomic mass is 9.93. The SMILES string of the molecule is COc1cscc1C(=O)Nc1cn[nH]c1C(=O)NC1CCC(O)CC1. The zero-order valence-corrected chi connectivity index (χ0v) is 14.6. The molecule has 2 heterocycles. The Kier molecular flexibility index (Phi) is 5.34. The minimum absolute atomic E-state index is 0.0136. The highest BCUT2D eigenvalue weighted by Gasteiger charge is 2.24. The number of carbonyl (C=O) groups excluding carboxylic acids is 2. The van der Waals surface area contributed by atoms with Crippen LogP contribution in [-0.4, -0.2) is 46.4 Å². The van der Waals surface area contributed by atoms with Crippen molar-refractivity contribution in [3.8, 4) is 5.75 Å². The van der Waals surface area contributed by atoms with Gasteiger partial charge in [-0.15, -0.1) is 11.3 Å². The van der Waals surface area contributed by atoms with Crippen molar-refractivity contribution in [1.29, 1.82) is 0 Å². The molecule has 0 radical (unpaired) electrons. The lowest BCUT2D eigenvalue weighted by Crippen LogP contribution is -2.39. The maximum Gasteiger partial charge on any atom is 0.271 e. The number of aromatic nitrogens is 2. The quantitative estimate of drug-likeness (QED) is 0.645. The predicted molar refractivity (Wildman–Crippen MR) is 93.1 cm³/mol. The second kappa shape index (κ2) is 7.66. The predicted octanol–water partition coefficient (Wildman–Crippen LogP) is 1.77. The smallest absolute Gasteiger partial charge is 0.271 e. The molecule has 3 rings (SSSR count). The van der Waals surface area contributed by atoms with E-state index < -0.39 is 0 Å². The van der Waals surface area contributed by atoms with E-state index in [9.17, 15) is 14.7 Å². The Bertz CT molecular complexity index is 749. The Balaban J connectivity index is 1.66. The normalized spacial score (nSPS) is 20.1. The van der Waals surface area contributed by atoms with Gasteiger partial charge in [-0.05, 0) is 25.7 Å². The maximum absolute atomic E-state index is 12.4. The highest BCUT2D eigenvalue weighted by molar-refractivity contribution is 7.08. The van der Waals surface area contributed by atoms with Crippen LogP contribution in [0, 0.1) is 0 Å². The van der Waals surface area contributed by atoms with Crippen LogP contribution in [0.3, 0.4) is 0 Å². The van der Waals surface area contributed by atoms with Gasteiger partial charge in [0, 0.05) is 16.8 Å². The van der Waals surface area contributed by atoms with E-state index in [-0.39, 0.29) is 29.7 Å². The largest absolute Gasteiger partial charge is 0.495 e. The number of aliphatic hydroxyl groups is 1. The number of H-pyrrole nitrogens is 1. The molecule has 2 amide bonds. The van der Waals surface area contributed by atoms with Gasteiger partial charge in [0.05, 0.1) is 30.7 Å². The van der Waals surface area contributed by atoms with Gasteiger partial charge in [0.1, 0.15) is 11.4 Å². The van der Waals surface area contributed by atoms with Crippen molar-refractivity contribution in [3.05, 3.63) is 28.2 Å². The molecule has 1 saturated carbocycles. The third kappa shape index (κ3) is 3.99. The number of hydrogen-bond donors (Lipinski definition) is 4. The van der Waals surface area contributed by atoms with Gasteiger partial charge in [0.25, 0.3) is 11.8 Å². The number of ether oxygens (including phenoxy) is 1. The van der Waals surface area contributed by atoms with Crippen LogP contribution in [0.5, 0.6) is 5.75 Å². The van der Waals surface area contributed by atoms with E-state index >= 15 is 0 Å². The number of carbonyl (C=O) groups is 2. The molecule has 4 N–H and O–H groups in total. The van der Waals surface area contributed by atoms with E-state index in [1.165, 1.54) is 24.6 Å². The first kappa shape index (κ1) is 17.4. The summed E-state index contributed by atoms with van der Waals surface area (Å²) in [7, 11) is 1.50. The first-order valence-electron chi connectivity index (χ1n) is 8.02. The second-order valence-corrected chi connectivity index (χ2v) is 6.69. The number of methoxy groups -OCH3 is 1. The van der Waals surface area contributed by atoms with Crippen molar-refractivity contribution < 1.29 is 19.4 Å². The lowest BCUT2D eigenvalue weighted by molar-refractivity contribution is 0.0864. The molecule has 0 aliphatic heterocycles. The average molecular weight is 364 g/mol. The lowest BCUT2D eigenvalue weighted by Gasteiger charge is -2.26. The summed E-state index contributed by atoms with van der Waals surface area (Å²) < 4.78 is 5.14. The molecule has 8 nitrogen and oxygen atoms in total. The van der Waals surface area contributed by atoms with Crippen molar-refractivity contribution in [2.45, 2.75) is 37.8 Å². The number of aromatic amines is 1.